The Balaban J connectivity index is 1.15. The Labute approximate surface area is 244 Å². The first-order valence-corrected chi connectivity index (χ1v) is 13.7. The van der Waals surface area contributed by atoms with Gasteiger partial charge in [-0.2, -0.15) is 0 Å². The van der Waals surface area contributed by atoms with Crippen molar-refractivity contribution >= 4 is 0 Å². The molecule has 5 nitrogen and oxygen atoms in total. The fourth-order valence-corrected chi connectivity index (χ4v) is 4.85. The van der Waals surface area contributed by atoms with E-state index >= 15 is 0 Å². The molecule has 0 unspecified atom stereocenters. The Hall–Kier alpha value is -5.81. The van der Waals surface area contributed by atoms with Gasteiger partial charge in [0, 0.05) is 52.0 Å². The highest BCUT2D eigenvalue weighted by Crippen LogP contribution is 2.29. The molecule has 42 heavy (non-hydrogen) atoms. The lowest BCUT2D eigenvalue weighted by atomic mass is 10.0. The molecule has 0 fully saturated rings. The number of aromatic nitrogens is 5. The van der Waals surface area contributed by atoms with Gasteiger partial charge >= 0.3 is 0 Å². The Morgan fingerprint density at radius 3 is 1.21 bits per heavy atom. The van der Waals surface area contributed by atoms with Gasteiger partial charge in [0.1, 0.15) is 0 Å². The summed E-state index contributed by atoms with van der Waals surface area (Å²) >= 11 is 0. The zero-order chi connectivity index (χ0) is 28.1. The van der Waals surface area contributed by atoms with Gasteiger partial charge in [-0.25, -0.2) is 15.0 Å². The van der Waals surface area contributed by atoms with E-state index in [-0.39, 0.29) is 0 Å². The van der Waals surface area contributed by atoms with Gasteiger partial charge in [-0.1, -0.05) is 121 Å². The highest BCUT2D eigenvalue weighted by molar-refractivity contribution is 5.73. The minimum Gasteiger partial charge on any atom is -0.264 e. The van der Waals surface area contributed by atoms with Crippen molar-refractivity contribution in [3.05, 3.63) is 152 Å². The van der Waals surface area contributed by atoms with Crippen molar-refractivity contribution in [2.75, 3.05) is 0 Å². The molecule has 4 aromatic carbocycles. The molecule has 0 spiro atoms. The molecule has 3 aromatic heterocycles. The molecule has 0 aliphatic rings. The Morgan fingerprint density at radius 1 is 0.310 bits per heavy atom. The second-order valence-electron chi connectivity index (χ2n) is 9.87. The third kappa shape index (κ3) is 5.31. The fraction of sp³-hybridized carbons (Fsp3) is 0. The second-order valence-corrected chi connectivity index (χ2v) is 9.87. The third-order valence-electron chi connectivity index (χ3n) is 7.11. The maximum absolute atomic E-state index is 4.84. The molecule has 5 heteroatoms. The largest absolute Gasteiger partial charge is 0.264 e. The van der Waals surface area contributed by atoms with E-state index in [9.17, 15) is 0 Å². The van der Waals surface area contributed by atoms with Crippen LogP contribution in [0.4, 0.5) is 0 Å². The normalized spacial score (nSPS) is 10.9. The maximum Gasteiger partial charge on any atom is 0.164 e. The van der Waals surface area contributed by atoms with Gasteiger partial charge in [0.25, 0.3) is 0 Å². The zero-order valence-corrected chi connectivity index (χ0v) is 22.7. The van der Waals surface area contributed by atoms with Gasteiger partial charge in [0.05, 0.1) is 5.69 Å². The molecule has 0 bridgehead atoms. The molecule has 0 aliphatic carbocycles. The van der Waals surface area contributed by atoms with Crippen LogP contribution in [-0.4, -0.2) is 24.9 Å². The van der Waals surface area contributed by atoms with Crippen LogP contribution in [0.3, 0.4) is 0 Å². The van der Waals surface area contributed by atoms with Crippen molar-refractivity contribution < 1.29 is 0 Å². The van der Waals surface area contributed by atoms with E-state index in [4.69, 9.17) is 15.0 Å². The van der Waals surface area contributed by atoms with E-state index in [1.807, 2.05) is 91.3 Å². The SMILES string of the molecule is c1ccc(-c2nc(-c3ccccc3)nc(-c3ccc(-c4ccc(-c5ccc(-c6cccnc6)cn5)cc4)cc3)n2)cc1. The van der Waals surface area contributed by atoms with Crippen molar-refractivity contribution in [1.82, 2.24) is 24.9 Å². The van der Waals surface area contributed by atoms with Crippen LogP contribution in [0.25, 0.3) is 67.7 Å². The van der Waals surface area contributed by atoms with E-state index < -0.39 is 0 Å². The predicted octanol–water partition coefficient (Wildman–Crippen LogP) is 8.66. The Bertz CT molecular complexity index is 1860. The Kier molecular flexibility index (Phi) is 6.81. The minimum atomic E-state index is 0.644. The minimum absolute atomic E-state index is 0.644. The highest BCUT2D eigenvalue weighted by atomic mass is 15.0. The van der Waals surface area contributed by atoms with E-state index in [0.29, 0.717) is 17.5 Å². The van der Waals surface area contributed by atoms with Gasteiger partial charge in [-0.3, -0.25) is 9.97 Å². The molecule has 0 aliphatic heterocycles. The van der Waals surface area contributed by atoms with Gasteiger partial charge < -0.3 is 0 Å². The molecule has 0 N–H and O–H groups in total. The van der Waals surface area contributed by atoms with Gasteiger partial charge in [0.15, 0.2) is 17.5 Å². The van der Waals surface area contributed by atoms with Crippen molar-refractivity contribution in [1.29, 1.82) is 0 Å². The second kappa shape index (κ2) is 11.4. The van der Waals surface area contributed by atoms with Crippen molar-refractivity contribution in [3.8, 4) is 67.7 Å². The lowest BCUT2D eigenvalue weighted by Crippen LogP contribution is -2.00. The summed E-state index contributed by atoms with van der Waals surface area (Å²) in [5.74, 6) is 1.95. The zero-order valence-electron chi connectivity index (χ0n) is 22.7. The third-order valence-corrected chi connectivity index (χ3v) is 7.11. The molecule has 198 valence electrons. The van der Waals surface area contributed by atoms with Crippen molar-refractivity contribution in [3.63, 3.8) is 0 Å². The number of hydrogen-bond donors (Lipinski definition) is 0. The first-order chi connectivity index (χ1) is 20.8. The summed E-state index contributed by atoms with van der Waals surface area (Å²) in [4.78, 5) is 23.3. The van der Waals surface area contributed by atoms with E-state index in [1.165, 1.54) is 0 Å². The van der Waals surface area contributed by atoms with Crippen LogP contribution in [-0.2, 0) is 0 Å². The molecule has 0 amide bonds. The molecule has 0 atom stereocenters. The molecule has 3 heterocycles. The average Bonchev–Trinajstić information content (AvgIpc) is 3.09. The van der Waals surface area contributed by atoms with Gasteiger partial charge in [0.2, 0.25) is 0 Å². The smallest absolute Gasteiger partial charge is 0.164 e. The number of benzene rings is 4. The highest BCUT2D eigenvalue weighted by Gasteiger charge is 2.12. The Morgan fingerprint density at radius 2 is 0.738 bits per heavy atom. The predicted molar refractivity (Wildman–Crippen MR) is 168 cm³/mol. The molecular weight excluding hydrogens is 514 g/mol. The molecule has 0 saturated carbocycles. The first-order valence-electron chi connectivity index (χ1n) is 13.7. The lowest BCUT2D eigenvalue weighted by molar-refractivity contribution is 1.07. The number of hydrogen-bond acceptors (Lipinski definition) is 5. The van der Waals surface area contributed by atoms with Gasteiger partial charge in [-0.05, 0) is 23.3 Å². The number of pyridine rings is 2. The molecule has 0 radical (unpaired) electrons. The van der Waals surface area contributed by atoms with Crippen LogP contribution >= 0.6 is 0 Å². The molecular formula is C37H25N5. The van der Waals surface area contributed by atoms with E-state index in [2.05, 4.69) is 64.6 Å². The first kappa shape index (κ1) is 25.2. The monoisotopic (exact) mass is 539 g/mol. The molecule has 0 saturated heterocycles. The van der Waals surface area contributed by atoms with Crippen molar-refractivity contribution in [2.24, 2.45) is 0 Å². The van der Waals surface area contributed by atoms with E-state index in [0.717, 1.165) is 50.2 Å². The fourth-order valence-electron chi connectivity index (χ4n) is 4.85. The summed E-state index contributed by atoms with van der Waals surface area (Å²) in [6.07, 6.45) is 5.52. The number of rotatable bonds is 6. The quantitative estimate of drug-likeness (QED) is 0.212. The van der Waals surface area contributed by atoms with Gasteiger partial charge in [-0.15, -0.1) is 0 Å². The van der Waals surface area contributed by atoms with E-state index in [1.54, 1.807) is 6.20 Å². The van der Waals surface area contributed by atoms with Crippen LogP contribution in [0.1, 0.15) is 0 Å². The summed E-state index contributed by atoms with van der Waals surface area (Å²) in [6, 6.07) is 45.0. The van der Waals surface area contributed by atoms with Crippen LogP contribution in [0.2, 0.25) is 0 Å². The topological polar surface area (TPSA) is 64.5 Å². The summed E-state index contributed by atoms with van der Waals surface area (Å²) in [7, 11) is 0. The standard InChI is InChI=1S/C37H25N5/c1-3-8-29(9-4-1)35-40-36(30-10-5-2-6-11-30)42-37(41-35)31-19-15-27(16-20-31)26-13-17-28(18-14-26)34-22-21-33(25-39-34)32-12-7-23-38-24-32/h1-25H. The summed E-state index contributed by atoms with van der Waals surface area (Å²) in [5.41, 5.74) is 9.20. The van der Waals surface area contributed by atoms with Crippen molar-refractivity contribution in [2.45, 2.75) is 0 Å². The van der Waals surface area contributed by atoms with Crippen LogP contribution in [0.15, 0.2) is 152 Å². The average molecular weight is 540 g/mol. The molecule has 7 aromatic rings. The summed E-state index contributed by atoms with van der Waals surface area (Å²) < 4.78 is 0. The lowest BCUT2D eigenvalue weighted by Gasteiger charge is -2.09. The number of nitrogens with zero attached hydrogens (tertiary/aromatic N) is 5. The summed E-state index contributed by atoms with van der Waals surface area (Å²) in [5, 5.41) is 0. The maximum atomic E-state index is 4.84. The van der Waals surface area contributed by atoms with Crippen LogP contribution in [0, 0.1) is 0 Å². The summed E-state index contributed by atoms with van der Waals surface area (Å²) in [6.45, 7) is 0. The van der Waals surface area contributed by atoms with Crippen LogP contribution in [0.5, 0.6) is 0 Å². The molecule has 7 rings (SSSR count). The van der Waals surface area contributed by atoms with Crippen LogP contribution < -0.4 is 0 Å².